The van der Waals surface area contributed by atoms with Gasteiger partial charge in [-0.05, 0) is 38.2 Å². The Labute approximate surface area is 198 Å². The summed E-state index contributed by atoms with van der Waals surface area (Å²) in [6.07, 6.45) is 2.70. The molecule has 3 aromatic heterocycles. The molecule has 1 spiro atoms. The van der Waals surface area contributed by atoms with Gasteiger partial charge in [0.1, 0.15) is 18.4 Å². The van der Waals surface area contributed by atoms with Crippen molar-refractivity contribution in [3.8, 4) is 11.4 Å². The Morgan fingerprint density at radius 3 is 2.71 bits per heavy atom. The Hall–Kier alpha value is -3.18. The lowest BCUT2D eigenvalue weighted by Crippen LogP contribution is -2.50. The molecule has 2 N–H and O–H groups in total. The molecule has 2 saturated carbocycles. The zero-order valence-electron chi connectivity index (χ0n) is 18.9. The fraction of sp³-hybridized carbons (Fsp3) is 0.565. The zero-order valence-corrected chi connectivity index (χ0v) is 18.9. The van der Waals surface area contributed by atoms with E-state index in [-0.39, 0.29) is 17.5 Å². The first-order valence-corrected chi connectivity index (χ1v) is 11.9. The summed E-state index contributed by atoms with van der Waals surface area (Å²) < 4.78 is 53.9. The van der Waals surface area contributed by atoms with E-state index in [1.54, 1.807) is 4.90 Å². The first kappa shape index (κ1) is 22.3. The van der Waals surface area contributed by atoms with Gasteiger partial charge in [0.15, 0.2) is 0 Å². The van der Waals surface area contributed by atoms with E-state index >= 15 is 0 Å². The van der Waals surface area contributed by atoms with E-state index in [9.17, 15) is 22.4 Å². The number of piperidine rings is 1. The minimum atomic E-state index is -4.42. The lowest BCUT2D eigenvalue weighted by molar-refractivity contribution is -0.141. The van der Waals surface area contributed by atoms with Crippen molar-refractivity contribution in [3.05, 3.63) is 24.2 Å². The predicted molar refractivity (Wildman–Crippen MR) is 120 cm³/mol. The summed E-state index contributed by atoms with van der Waals surface area (Å²) in [6.45, 7) is -0.871. The third kappa shape index (κ3) is 4.02. The van der Waals surface area contributed by atoms with Gasteiger partial charge < -0.3 is 10.2 Å². The van der Waals surface area contributed by atoms with Crippen LogP contribution in [0.25, 0.3) is 22.3 Å². The highest BCUT2D eigenvalue weighted by Crippen LogP contribution is 2.49. The molecule has 3 fully saturated rings. The Kier molecular flexibility index (Phi) is 5.05. The van der Waals surface area contributed by atoms with Crippen LogP contribution in [0.5, 0.6) is 0 Å². The van der Waals surface area contributed by atoms with Crippen LogP contribution in [0.1, 0.15) is 56.6 Å². The number of carbonyl (C=O) groups is 1. The topological polar surface area (TPSA) is 91.7 Å². The molecule has 8 nitrogen and oxygen atoms in total. The highest BCUT2D eigenvalue weighted by molar-refractivity contribution is 5.96. The molecular weight excluding hydrogens is 466 g/mol. The Bertz CT molecular complexity index is 1270. The molecule has 3 aliphatic rings. The number of anilines is 1. The molecule has 35 heavy (non-hydrogen) atoms. The van der Waals surface area contributed by atoms with Crippen LogP contribution >= 0.6 is 0 Å². The van der Waals surface area contributed by atoms with Crippen LogP contribution < -0.4 is 5.32 Å². The van der Waals surface area contributed by atoms with Gasteiger partial charge in [-0.2, -0.15) is 23.4 Å². The second-order valence-corrected chi connectivity index (χ2v) is 9.93. The molecule has 1 saturated heterocycles. The van der Waals surface area contributed by atoms with Gasteiger partial charge in [-0.1, -0.05) is 6.42 Å². The van der Waals surface area contributed by atoms with E-state index in [2.05, 4.69) is 25.6 Å². The van der Waals surface area contributed by atoms with E-state index in [4.69, 9.17) is 0 Å². The van der Waals surface area contributed by atoms with Crippen LogP contribution in [-0.4, -0.2) is 60.3 Å². The number of aromatic amines is 1. The van der Waals surface area contributed by atoms with Crippen molar-refractivity contribution < 1.29 is 22.4 Å². The van der Waals surface area contributed by atoms with Gasteiger partial charge >= 0.3 is 12.2 Å². The predicted octanol–water partition coefficient (Wildman–Crippen LogP) is 5.15. The third-order valence-electron chi connectivity index (χ3n) is 7.55. The standard InChI is InChI=1S/C23H25F4N7O/c24-15-4-7-33(22(9-15)5-6-22)21(35)30-20-18(13-2-1-3-13)31-32-19(20)16-8-17-14(10-28-16)11-29-34(17)12-23(25,26)27/h8,10-11,13,15H,1-7,9,12H2,(H,30,35)(H,31,32). The Balaban J connectivity index is 1.35. The van der Waals surface area contributed by atoms with Gasteiger partial charge in [0.25, 0.3) is 0 Å². The lowest BCUT2D eigenvalue weighted by Gasteiger charge is -2.38. The lowest BCUT2D eigenvalue weighted by atomic mass is 9.82. The third-order valence-corrected chi connectivity index (χ3v) is 7.55. The summed E-state index contributed by atoms with van der Waals surface area (Å²) in [6, 6.07) is 1.21. The molecule has 1 atom stereocenters. The number of pyridine rings is 1. The van der Waals surface area contributed by atoms with Gasteiger partial charge in [-0.25, -0.2) is 9.18 Å². The van der Waals surface area contributed by atoms with Crippen molar-refractivity contribution in [1.29, 1.82) is 0 Å². The summed E-state index contributed by atoms with van der Waals surface area (Å²) in [4.78, 5) is 19.5. The smallest absolute Gasteiger partial charge is 0.319 e. The normalized spacial score (nSPS) is 21.9. The number of nitrogens with one attached hydrogen (secondary N) is 2. The maximum Gasteiger partial charge on any atom is 0.408 e. The first-order chi connectivity index (χ1) is 16.7. The molecule has 3 aromatic rings. The summed E-state index contributed by atoms with van der Waals surface area (Å²) in [5, 5.41) is 14.8. The number of halogens is 4. The fourth-order valence-corrected chi connectivity index (χ4v) is 5.30. The molecule has 0 aromatic carbocycles. The SMILES string of the molecule is O=C(Nc1c(-c2cc3c(cn2)cnn3CC(F)(F)F)n[nH]c1C1CCC1)N1CCC(F)CC12CC2. The summed E-state index contributed by atoms with van der Waals surface area (Å²) in [5.74, 6) is 0.206. The summed E-state index contributed by atoms with van der Waals surface area (Å²) in [7, 11) is 0. The molecule has 1 unspecified atom stereocenters. The number of nitrogens with zero attached hydrogens (tertiary/aromatic N) is 5. The van der Waals surface area contributed by atoms with E-state index in [1.165, 1.54) is 18.5 Å². The van der Waals surface area contributed by atoms with Crippen molar-refractivity contribution in [1.82, 2.24) is 29.9 Å². The van der Waals surface area contributed by atoms with Crippen LogP contribution in [0.3, 0.4) is 0 Å². The zero-order chi connectivity index (χ0) is 24.4. The number of fused-ring (bicyclic) bond motifs is 1. The number of alkyl halides is 4. The number of hydrogen-bond donors (Lipinski definition) is 2. The molecule has 6 rings (SSSR count). The highest BCUT2D eigenvalue weighted by Gasteiger charge is 2.53. The van der Waals surface area contributed by atoms with Crippen LogP contribution in [0.2, 0.25) is 0 Å². The largest absolute Gasteiger partial charge is 0.408 e. The average Bonchev–Trinajstić information content (AvgIpc) is 3.22. The number of aromatic nitrogens is 5. The molecule has 0 bridgehead atoms. The second kappa shape index (κ2) is 7.92. The Morgan fingerprint density at radius 2 is 2.03 bits per heavy atom. The minimum absolute atomic E-state index is 0.206. The van der Waals surface area contributed by atoms with E-state index in [0.717, 1.165) is 42.5 Å². The van der Waals surface area contributed by atoms with Crippen LogP contribution in [0.4, 0.5) is 28.0 Å². The van der Waals surface area contributed by atoms with Gasteiger partial charge in [0, 0.05) is 36.0 Å². The molecule has 4 heterocycles. The molecule has 2 amide bonds. The van der Waals surface area contributed by atoms with Crippen LogP contribution in [0, 0.1) is 0 Å². The van der Waals surface area contributed by atoms with Gasteiger partial charge in [0.2, 0.25) is 0 Å². The molecular formula is C23H25F4N7O. The number of carbonyl (C=O) groups excluding carboxylic acids is 1. The van der Waals surface area contributed by atoms with Crippen molar-refractivity contribution in [3.63, 3.8) is 0 Å². The monoisotopic (exact) mass is 491 g/mol. The quantitative estimate of drug-likeness (QED) is 0.494. The van der Waals surface area contributed by atoms with Gasteiger partial charge in [0.05, 0.1) is 28.8 Å². The maximum atomic E-state index is 14.0. The molecule has 1 aliphatic heterocycles. The Morgan fingerprint density at radius 1 is 1.23 bits per heavy atom. The van der Waals surface area contributed by atoms with Gasteiger partial charge in [-0.15, -0.1) is 0 Å². The minimum Gasteiger partial charge on any atom is -0.319 e. The number of urea groups is 1. The van der Waals surface area contributed by atoms with E-state index < -0.39 is 24.4 Å². The molecule has 2 aliphatic carbocycles. The van der Waals surface area contributed by atoms with E-state index in [1.807, 2.05) is 0 Å². The molecule has 12 heteroatoms. The number of likely N-dealkylation sites (tertiary alicyclic amines) is 1. The van der Waals surface area contributed by atoms with Crippen molar-refractivity contribution in [2.24, 2.45) is 0 Å². The molecule has 186 valence electrons. The molecule has 0 radical (unpaired) electrons. The number of rotatable bonds is 4. The number of H-pyrrole nitrogens is 1. The summed E-state index contributed by atoms with van der Waals surface area (Å²) >= 11 is 0. The second-order valence-electron chi connectivity index (χ2n) is 9.93. The van der Waals surface area contributed by atoms with Crippen molar-refractivity contribution >= 4 is 22.6 Å². The fourth-order valence-electron chi connectivity index (χ4n) is 5.30. The van der Waals surface area contributed by atoms with Crippen LogP contribution in [-0.2, 0) is 6.54 Å². The average molecular weight is 491 g/mol. The van der Waals surface area contributed by atoms with Crippen molar-refractivity contribution in [2.45, 2.75) is 75.3 Å². The highest BCUT2D eigenvalue weighted by atomic mass is 19.4. The van der Waals surface area contributed by atoms with Crippen LogP contribution in [0.15, 0.2) is 18.5 Å². The first-order valence-electron chi connectivity index (χ1n) is 11.9. The van der Waals surface area contributed by atoms with Crippen molar-refractivity contribution in [2.75, 3.05) is 11.9 Å². The maximum absolute atomic E-state index is 14.0. The van der Waals surface area contributed by atoms with Gasteiger partial charge in [-0.3, -0.25) is 14.8 Å². The van der Waals surface area contributed by atoms with E-state index in [0.29, 0.717) is 41.8 Å². The number of hydrogen-bond acceptors (Lipinski definition) is 4. The number of amides is 2. The summed E-state index contributed by atoms with van der Waals surface area (Å²) in [5.41, 5.74) is 1.85.